The molecule has 148 valence electrons. The van der Waals surface area contributed by atoms with E-state index >= 15 is 0 Å². The molecule has 0 bridgehead atoms. The van der Waals surface area contributed by atoms with Gasteiger partial charge < -0.3 is 19.7 Å². The Kier molecular flexibility index (Phi) is 4.77. The van der Waals surface area contributed by atoms with Crippen LogP contribution in [0.3, 0.4) is 0 Å². The SMILES string of the molecule is O=C(Nc1ccc2c(c1)OCCO2)c1csc(-c2ccc(N3CCCC3)nc2)n1. The van der Waals surface area contributed by atoms with E-state index in [4.69, 9.17) is 9.47 Å². The molecule has 0 spiro atoms. The summed E-state index contributed by atoms with van der Waals surface area (Å²) in [5, 5.41) is 5.40. The number of benzene rings is 1. The average molecular weight is 408 g/mol. The van der Waals surface area contributed by atoms with Crippen LogP contribution in [0.1, 0.15) is 23.3 Å². The summed E-state index contributed by atoms with van der Waals surface area (Å²) in [6.07, 6.45) is 4.27. The zero-order chi connectivity index (χ0) is 19.6. The van der Waals surface area contributed by atoms with Crippen molar-refractivity contribution < 1.29 is 14.3 Å². The molecule has 0 unspecified atom stereocenters. The molecule has 8 heteroatoms. The van der Waals surface area contributed by atoms with Crippen LogP contribution in [0.2, 0.25) is 0 Å². The standard InChI is InChI=1S/C21H20N4O3S/c26-20(23-15-4-5-17-18(11-15)28-10-9-27-17)16-13-29-21(24-16)14-3-6-19(22-12-14)25-7-1-2-8-25/h3-6,11-13H,1-2,7-10H2,(H,23,26). The molecule has 2 aliphatic heterocycles. The van der Waals surface area contributed by atoms with Crippen LogP contribution in [0.5, 0.6) is 11.5 Å². The maximum absolute atomic E-state index is 12.6. The van der Waals surface area contributed by atoms with Crippen LogP contribution in [-0.4, -0.2) is 42.2 Å². The maximum Gasteiger partial charge on any atom is 0.275 e. The topological polar surface area (TPSA) is 76.6 Å². The lowest BCUT2D eigenvalue weighted by molar-refractivity contribution is 0.102. The first-order chi connectivity index (χ1) is 14.3. The van der Waals surface area contributed by atoms with Gasteiger partial charge in [0, 0.05) is 42.0 Å². The summed E-state index contributed by atoms with van der Waals surface area (Å²) in [6.45, 7) is 3.17. The summed E-state index contributed by atoms with van der Waals surface area (Å²) in [5.41, 5.74) is 1.94. The minimum Gasteiger partial charge on any atom is -0.486 e. The molecular weight excluding hydrogens is 388 g/mol. The highest BCUT2D eigenvalue weighted by atomic mass is 32.1. The second-order valence-corrected chi connectivity index (χ2v) is 7.81. The number of carbonyl (C=O) groups excluding carboxylic acids is 1. The fraction of sp³-hybridized carbons (Fsp3) is 0.286. The highest BCUT2D eigenvalue weighted by Crippen LogP contribution is 2.33. The highest BCUT2D eigenvalue weighted by Gasteiger charge is 2.17. The molecule has 1 amide bonds. The van der Waals surface area contributed by atoms with Crippen LogP contribution in [0.25, 0.3) is 10.6 Å². The zero-order valence-electron chi connectivity index (χ0n) is 15.8. The van der Waals surface area contributed by atoms with Gasteiger partial charge in [-0.15, -0.1) is 11.3 Å². The average Bonchev–Trinajstić information content (AvgIpc) is 3.46. The van der Waals surface area contributed by atoms with E-state index in [1.165, 1.54) is 24.2 Å². The Bertz CT molecular complexity index is 1030. The van der Waals surface area contributed by atoms with Gasteiger partial charge in [-0.2, -0.15) is 0 Å². The first kappa shape index (κ1) is 17.9. The molecule has 3 aromatic rings. The van der Waals surface area contributed by atoms with Crippen molar-refractivity contribution >= 4 is 28.7 Å². The molecule has 5 rings (SSSR count). The molecule has 1 N–H and O–H groups in total. The Morgan fingerprint density at radius 3 is 2.69 bits per heavy atom. The van der Waals surface area contributed by atoms with Gasteiger partial charge >= 0.3 is 0 Å². The summed E-state index contributed by atoms with van der Waals surface area (Å²) in [4.78, 5) is 23.9. The number of fused-ring (bicyclic) bond motifs is 1. The Labute approximate surface area is 172 Å². The highest BCUT2D eigenvalue weighted by molar-refractivity contribution is 7.13. The van der Waals surface area contributed by atoms with Crippen LogP contribution in [0.15, 0.2) is 41.9 Å². The molecule has 7 nitrogen and oxygen atoms in total. The van der Waals surface area contributed by atoms with Crippen molar-refractivity contribution in [1.29, 1.82) is 0 Å². The van der Waals surface area contributed by atoms with E-state index < -0.39 is 0 Å². The smallest absolute Gasteiger partial charge is 0.275 e. The number of thiazole rings is 1. The predicted octanol–water partition coefficient (Wildman–Crippen LogP) is 3.83. The Morgan fingerprint density at radius 1 is 1.07 bits per heavy atom. The first-order valence-electron chi connectivity index (χ1n) is 9.64. The molecule has 0 atom stereocenters. The molecule has 1 aromatic carbocycles. The van der Waals surface area contributed by atoms with Gasteiger partial charge in [-0.25, -0.2) is 9.97 Å². The lowest BCUT2D eigenvalue weighted by Gasteiger charge is -2.18. The van der Waals surface area contributed by atoms with E-state index in [9.17, 15) is 4.79 Å². The normalized spacial score (nSPS) is 15.4. The monoisotopic (exact) mass is 408 g/mol. The number of rotatable bonds is 4. The number of aromatic nitrogens is 2. The van der Waals surface area contributed by atoms with Crippen molar-refractivity contribution in [3.8, 4) is 22.1 Å². The third kappa shape index (κ3) is 3.75. The number of nitrogens with zero attached hydrogens (tertiary/aromatic N) is 3. The van der Waals surface area contributed by atoms with Crippen molar-refractivity contribution in [1.82, 2.24) is 9.97 Å². The van der Waals surface area contributed by atoms with Crippen molar-refractivity contribution in [3.63, 3.8) is 0 Å². The van der Waals surface area contributed by atoms with Crippen LogP contribution < -0.4 is 19.7 Å². The molecule has 2 aliphatic rings. The molecule has 0 saturated carbocycles. The second-order valence-electron chi connectivity index (χ2n) is 6.95. The van der Waals surface area contributed by atoms with Crippen molar-refractivity contribution in [3.05, 3.63) is 47.6 Å². The fourth-order valence-electron chi connectivity index (χ4n) is 3.47. The van der Waals surface area contributed by atoms with Gasteiger partial charge in [0.25, 0.3) is 5.91 Å². The van der Waals surface area contributed by atoms with E-state index in [2.05, 4.69) is 20.2 Å². The minimum atomic E-state index is -0.258. The van der Waals surface area contributed by atoms with Crippen LogP contribution in [0, 0.1) is 0 Å². The molecule has 29 heavy (non-hydrogen) atoms. The van der Waals surface area contributed by atoms with Gasteiger partial charge in [0.1, 0.15) is 29.7 Å². The van der Waals surface area contributed by atoms with Crippen LogP contribution >= 0.6 is 11.3 Å². The molecule has 0 radical (unpaired) electrons. The third-order valence-electron chi connectivity index (χ3n) is 4.96. The second kappa shape index (κ2) is 7.71. The Morgan fingerprint density at radius 2 is 1.90 bits per heavy atom. The lowest BCUT2D eigenvalue weighted by atomic mass is 10.2. The number of pyridine rings is 1. The van der Waals surface area contributed by atoms with E-state index in [0.29, 0.717) is 36.1 Å². The maximum atomic E-state index is 12.6. The number of carbonyl (C=O) groups is 1. The van der Waals surface area contributed by atoms with E-state index in [0.717, 1.165) is 29.5 Å². The fourth-order valence-corrected chi connectivity index (χ4v) is 4.26. The molecule has 2 aromatic heterocycles. The minimum absolute atomic E-state index is 0.258. The first-order valence-corrected chi connectivity index (χ1v) is 10.5. The van der Waals surface area contributed by atoms with Crippen LogP contribution in [0.4, 0.5) is 11.5 Å². The molecule has 4 heterocycles. The molecule has 1 fully saturated rings. The predicted molar refractivity (Wildman–Crippen MR) is 112 cm³/mol. The zero-order valence-corrected chi connectivity index (χ0v) is 16.6. The summed E-state index contributed by atoms with van der Waals surface area (Å²) in [7, 11) is 0. The Balaban J connectivity index is 1.28. The van der Waals surface area contributed by atoms with Crippen molar-refractivity contribution in [2.75, 3.05) is 36.5 Å². The third-order valence-corrected chi connectivity index (χ3v) is 5.85. The van der Waals surface area contributed by atoms with Crippen molar-refractivity contribution in [2.24, 2.45) is 0 Å². The molecule has 1 saturated heterocycles. The largest absolute Gasteiger partial charge is 0.486 e. The van der Waals surface area contributed by atoms with Gasteiger partial charge in [0.2, 0.25) is 0 Å². The summed E-state index contributed by atoms with van der Waals surface area (Å²) in [5.74, 6) is 2.07. The number of ether oxygens (including phenoxy) is 2. The number of nitrogens with one attached hydrogen (secondary N) is 1. The van der Waals surface area contributed by atoms with E-state index in [1.54, 1.807) is 23.6 Å². The number of amides is 1. The van der Waals surface area contributed by atoms with E-state index in [1.807, 2.05) is 18.3 Å². The van der Waals surface area contributed by atoms with E-state index in [-0.39, 0.29) is 5.91 Å². The molecular formula is C21H20N4O3S. The number of hydrogen-bond acceptors (Lipinski definition) is 7. The van der Waals surface area contributed by atoms with Gasteiger partial charge in [-0.05, 0) is 37.1 Å². The van der Waals surface area contributed by atoms with Gasteiger partial charge in [0.15, 0.2) is 11.5 Å². The van der Waals surface area contributed by atoms with Crippen LogP contribution in [-0.2, 0) is 0 Å². The van der Waals surface area contributed by atoms with Crippen molar-refractivity contribution in [2.45, 2.75) is 12.8 Å². The molecule has 0 aliphatic carbocycles. The number of anilines is 2. The van der Waals surface area contributed by atoms with Gasteiger partial charge in [-0.1, -0.05) is 0 Å². The summed E-state index contributed by atoms with van der Waals surface area (Å²) < 4.78 is 11.1. The number of hydrogen-bond donors (Lipinski definition) is 1. The summed E-state index contributed by atoms with van der Waals surface area (Å²) >= 11 is 1.43. The van der Waals surface area contributed by atoms with Gasteiger partial charge in [0.05, 0.1) is 0 Å². The van der Waals surface area contributed by atoms with Gasteiger partial charge in [-0.3, -0.25) is 4.79 Å². The quantitative estimate of drug-likeness (QED) is 0.707. The summed E-state index contributed by atoms with van der Waals surface area (Å²) in [6, 6.07) is 9.39. The lowest BCUT2D eigenvalue weighted by Crippen LogP contribution is -2.18. The Hall–Kier alpha value is -3.13.